The number of hydrogen-bond donors (Lipinski definition) is 2. The molecule has 2 unspecified atom stereocenters. The molecule has 0 saturated heterocycles. The molecule has 0 radical (unpaired) electrons. The number of hydrogen-bond acceptors (Lipinski definition) is 3. The highest BCUT2D eigenvalue weighted by Gasteiger charge is 2.39. The van der Waals surface area contributed by atoms with Gasteiger partial charge in [0, 0.05) is 11.5 Å². The van der Waals surface area contributed by atoms with Gasteiger partial charge in [-0.1, -0.05) is 31.8 Å². The first-order chi connectivity index (χ1) is 9.52. The Morgan fingerprint density at radius 1 is 1.50 bits per heavy atom. The Morgan fingerprint density at radius 3 is 2.85 bits per heavy atom. The van der Waals surface area contributed by atoms with Gasteiger partial charge in [0.15, 0.2) is 0 Å². The number of carboxylic acids is 1. The van der Waals surface area contributed by atoms with Gasteiger partial charge >= 0.3 is 5.97 Å². The molecule has 0 aromatic heterocycles. The lowest BCUT2D eigenvalue weighted by Crippen LogP contribution is -2.52. The zero-order valence-corrected chi connectivity index (χ0v) is 12.5. The number of aliphatic carboxylic acids is 1. The molecular weight excluding hydrogens is 256 g/mol. The molecule has 0 aliphatic heterocycles. The molecule has 1 fully saturated rings. The normalized spacial score (nSPS) is 26.9. The van der Waals surface area contributed by atoms with Gasteiger partial charge in [-0.05, 0) is 49.6 Å². The fourth-order valence-electron chi connectivity index (χ4n) is 3.02. The molecule has 1 saturated carbocycles. The van der Waals surface area contributed by atoms with Gasteiger partial charge in [0.1, 0.15) is 5.54 Å². The number of rotatable bonds is 7. The summed E-state index contributed by atoms with van der Waals surface area (Å²) in [5.41, 5.74) is 7.42. The summed E-state index contributed by atoms with van der Waals surface area (Å²) in [5, 5.41) is 16.3. The Balaban J connectivity index is 2.58. The van der Waals surface area contributed by atoms with Crippen molar-refractivity contribution < 1.29 is 9.90 Å². The molecule has 20 heavy (non-hydrogen) atoms. The van der Waals surface area contributed by atoms with E-state index in [2.05, 4.69) is 29.2 Å². The number of nitrogens with one attached hydrogen (secondary N) is 1. The Labute approximate surface area is 120 Å². The first-order valence-corrected chi connectivity index (χ1v) is 7.51. The molecule has 1 aliphatic rings. The van der Waals surface area contributed by atoms with Crippen LogP contribution in [0.4, 0.5) is 0 Å². The second-order valence-electron chi connectivity index (χ2n) is 6.06. The predicted molar refractivity (Wildman–Crippen MR) is 78.4 cm³/mol. The third-order valence-corrected chi connectivity index (χ3v) is 4.43. The zero-order valence-electron chi connectivity index (χ0n) is 12.5. The van der Waals surface area contributed by atoms with Gasteiger partial charge in [0.25, 0.3) is 0 Å². The van der Waals surface area contributed by atoms with Crippen LogP contribution in [0.15, 0.2) is 5.11 Å². The fraction of sp³-hybridized carbons (Fsp3) is 0.929. The van der Waals surface area contributed by atoms with Crippen LogP contribution in [0.2, 0.25) is 0 Å². The van der Waals surface area contributed by atoms with E-state index in [0.29, 0.717) is 44.2 Å². The molecule has 0 heterocycles. The van der Waals surface area contributed by atoms with Gasteiger partial charge in [-0.3, -0.25) is 4.79 Å². The van der Waals surface area contributed by atoms with E-state index in [1.165, 1.54) is 0 Å². The topological polar surface area (TPSA) is 98.1 Å². The molecule has 0 aromatic carbocycles. The maximum atomic E-state index is 11.7. The van der Waals surface area contributed by atoms with Crippen molar-refractivity contribution in [1.29, 1.82) is 0 Å². The van der Waals surface area contributed by atoms with E-state index in [0.717, 1.165) is 19.3 Å². The average molecular weight is 282 g/mol. The Kier molecular flexibility index (Phi) is 6.82. The maximum absolute atomic E-state index is 11.7. The minimum atomic E-state index is -0.792. The smallest absolute Gasteiger partial charge is 0.323 e. The molecule has 0 amide bonds. The highest BCUT2D eigenvalue weighted by molar-refractivity contribution is 5.78. The number of azide groups is 1. The second-order valence-corrected chi connectivity index (χ2v) is 6.06. The van der Waals surface area contributed by atoms with Gasteiger partial charge in [0.05, 0.1) is 0 Å². The van der Waals surface area contributed by atoms with Crippen molar-refractivity contribution in [2.45, 2.75) is 57.9 Å². The zero-order chi connectivity index (χ0) is 15.0. The standard InChI is InChI=1S/C14H26N4O2/c1-11(2)12-5-3-7-14(8-6-12,13(19)20)16-9-4-10-17-18-15/h11-12,16H,3-10H2,1-2H3,(H,19,20). The minimum Gasteiger partial charge on any atom is -0.480 e. The molecule has 2 N–H and O–H groups in total. The number of nitrogens with zero attached hydrogens (tertiary/aromatic N) is 3. The Morgan fingerprint density at radius 2 is 2.25 bits per heavy atom. The van der Waals surface area contributed by atoms with Crippen LogP contribution >= 0.6 is 0 Å². The van der Waals surface area contributed by atoms with E-state index >= 15 is 0 Å². The number of carboxylic acid groups (broad SMARTS) is 1. The van der Waals surface area contributed by atoms with Crippen LogP contribution in [0.25, 0.3) is 10.4 Å². The Hall–Kier alpha value is -1.26. The van der Waals surface area contributed by atoms with Crippen LogP contribution in [0, 0.1) is 11.8 Å². The lowest BCUT2D eigenvalue weighted by atomic mass is 9.86. The van der Waals surface area contributed by atoms with Crippen molar-refractivity contribution in [3.05, 3.63) is 10.4 Å². The molecule has 1 aliphatic carbocycles. The summed E-state index contributed by atoms with van der Waals surface area (Å²) < 4.78 is 0. The van der Waals surface area contributed by atoms with Gasteiger partial charge in [0.2, 0.25) is 0 Å². The van der Waals surface area contributed by atoms with Crippen molar-refractivity contribution in [2.24, 2.45) is 17.0 Å². The van der Waals surface area contributed by atoms with Crippen molar-refractivity contribution in [3.63, 3.8) is 0 Å². The molecule has 0 spiro atoms. The third kappa shape index (κ3) is 4.69. The third-order valence-electron chi connectivity index (χ3n) is 4.43. The van der Waals surface area contributed by atoms with Crippen LogP contribution in [0.3, 0.4) is 0 Å². The highest BCUT2D eigenvalue weighted by atomic mass is 16.4. The summed E-state index contributed by atoms with van der Waals surface area (Å²) in [4.78, 5) is 14.4. The van der Waals surface area contributed by atoms with E-state index < -0.39 is 11.5 Å². The summed E-state index contributed by atoms with van der Waals surface area (Å²) in [6.07, 6.45) is 5.09. The average Bonchev–Trinajstić information content (AvgIpc) is 2.62. The maximum Gasteiger partial charge on any atom is 0.323 e. The van der Waals surface area contributed by atoms with E-state index in [9.17, 15) is 9.90 Å². The lowest BCUT2D eigenvalue weighted by Gasteiger charge is -2.30. The molecule has 6 heteroatoms. The molecule has 0 bridgehead atoms. The first-order valence-electron chi connectivity index (χ1n) is 7.51. The molecule has 0 aromatic rings. The van der Waals surface area contributed by atoms with Crippen LogP contribution in [-0.2, 0) is 4.79 Å². The van der Waals surface area contributed by atoms with Gasteiger partial charge in [-0.25, -0.2) is 0 Å². The summed E-state index contributed by atoms with van der Waals surface area (Å²) in [6.45, 7) is 5.42. The first kappa shape index (κ1) is 16.8. The van der Waals surface area contributed by atoms with Gasteiger partial charge in [-0.2, -0.15) is 0 Å². The summed E-state index contributed by atoms with van der Waals surface area (Å²) in [7, 11) is 0. The van der Waals surface area contributed by atoms with E-state index in [4.69, 9.17) is 5.53 Å². The van der Waals surface area contributed by atoms with Crippen molar-refractivity contribution in [2.75, 3.05) is 13.1 Å². The predicted octanol–water partition coefficient (Wildman–Crippen LogP) is 3.34. The minimum absolute atomic E-state index is 0.411. The van der Waals surface area contributed by atoms with E-state index in [-0.39, 0.29) is 0 Å². The molecular formula is C14H26N4O2. The van der Waals surface area contributed by atoms with Crippen LogP contribution in [-0.4, -0.2) is 29.7 Å². The largest absolute Gasteiger partial charge is 0.480 e. The van der Waals surface area contributed by atoms with Gasteiger partial charge < -0.3 is 10.4 Å². The van der Waals surface area contributed by atoms with Crippen LogP contribution < -0.4 is 5.32 Å². The quantitative estimate of drug-likeness (QED) is 0.246. The lowest BCUT2D eigenvalue weighted by molar-refractivity contribution is -0.145. The van der Waals surface area contributed by atoms with E-state index in [1.807, 2.05) is 0 Å². The van der Waals surface area contributed by atoms with Crippen molar-refractivity contribution >= 4 is 5.97 Å². The molecule has 1 rings (SSSR count). The van der Waals surface area contributed by atoms with Gasteiger partial charge in [-0.15, -0.1) is 0 Å². The molecule has 6 nitrogen and oxygen atoms in total. The fourth-order valence-corrected chi connectivity index (χ4v) is 3.02. The molecule has 2 atom stereocenters. The van der Waals surface area contributed by atoms with Crippen LogP contribution in [0.5, 0.6) is 0 Å². The number of carbonyl (C=O) groups is 1. The van der Waals surface area contributed by atoms with E-state index in [1.54, 1.807) is 0 Å². The van der Waals surface area contributed by atoms with Crippen LogP contribution in [0.1, 0.15) is 52.4 Å². The Bertz CT molecular complexity index is 366. The van der Waals surface area contributed by atoms with Crippen molar-refractivity contribution in [3.8, 4) is 0 Å². The highest BCUT2D eigenvalue weighted by Crippen LogP contribution is 2.34. The second kappa shape index (κ2) is 8.12. The summed E-state index contributed by atoms with van der Waals surface area (Å²) >= 11 is 0. The summed E-state index contributed by atoms with van der Waals surface area (Å²) in [5.74, 6) is 0.497. The monoisotopic (exact) mass is 282 g/mol. The SMILES string of the molecule is CC(C)C1CCCC(NCCCN=[N+]=[N-])(C(=O)O)CC1. The summed E-state index contributed by atoms with van der Waals surface area (Å²) in [6, 6.07) is 0. The van der Waals surface area contributed by atoms with Crippen molar-refractivity contribution in [1.82, 2.24) is 5.32 Å². The molecule has 114 valence electrons.